The van der Waals surface area contributed by atoms with Crippen molar-refractivity contribution in [3.8, 4) is 0 Å². The van der Waals surface area contributed by atoms with Gasteiger partial charge in [-0.3, -0.25) is 4.68 Å². The maximum Gasteiger partial charge on any atom is 0.224 e. The fraction of sp³-hybridized carbons (Fsp3) is 0.742. The summed E-state index contributed by atoms with van der Waals surface area (Å²) in [4.78, 5) is 11.4. The van der Waals surface area contributed by atoms with Crippen molar-refractivity contribution in [1.82, 2.24) is 15.0 Å². The lowest BCUT2D eigenvalue weighted by atomic mass is 9.92. The van der Waals surface area contributed by atoms with Crippen LogP contribution in [0.25, 0.3) is 0 Å². The number of aromatic nitrogens is 3. The van der Waals surface area contributed by atoms with Crippen molar-refractivity contribution in [3.63, 3.8) is 0 Å². The van der Waals surface area contributed by atoms with Crippen LogP contribution in [-0.2, 0) is 56.1 Å². The Balaban J connectivity index is 0.985. The molecule has 43 heavy (non-hydrogen) atoms. The van der Waals surface area contributed by atoms with E-state index in [0.29, 0.717) is 12.5 Å². The monoisotopic (exact) mass is 603 g/mol. The zero-order valence-electron chi connectivity index (χ0n) is 26.0. The zero-order valence-corrected chi connectivity index (χ0v) is 26.0. The molecule has 0 radical (unpaired) electrons. The van der Waals surface area contributed by atoms with Gasteiger partial charge < -0.3 is 33.2 Å². The number of aryl methyl sites for hydroxylation is 2. The van der Waals surface area contributed by atoms with Crippen LogP contribution in [0.1, 0.15) is 77.0 Å². The summed E-state index contributed by atoms with van der Waals surface area (Å²) < 4.78 is 44.3. The van der Waals surface area contributed by atoms with E-state index < -0.39 is 29.6 Å². The van der Waals surface area contributed by atoms with Crippen molar-refractivity contribution in [2.24, 2.45) is 5.92 Å². The molecule has 7 atom stereocenters. The quantitative estimate of drug-likeness (QED) is 0.361. The predicted molar refractivity (Wildman–Crippen MR) is 151 cm³/mol. The van der Waals surface area contributed by atoms with Gasteiger partial charge in [0.15, 0.2) is 5.79 Å². The van der Waals surface area contributed by atoms with E-state index >= 15 is 0 Å². The highest BCUT2D eigenvalue weighted by atomic mass is 17.2. The Kier molecular flexibility index (Phi) is 8.95. The van der Waals surface area contributed by atoms with Gasteiger partial charge in [0.2, 0.25) is 12.1 Å². The normalized spacial score (nSPS) is 34.0. The van der Waals surface area contributed by atoms with Gasteiger partial charge in [-0.05, 0) is 59.8 Å². The fourth-order valence-corrected chi connectivity index (χ4v) is 6.02. The molecule has 4 saturated heterocycles. The van der Waals surface area contributed by atoms with Crippen LogP contribution in [0, 0.1) is 12.8 Å². The first kappa shape index (κ1) is 31.0. The van der Waals surface area contributed by atoms with Gasteiger partial charge in [0.05, 0.1) is 25.5 Å². The fourth-order valence-electron chi connectivity index (χ4n) is 6.02. The maximum atomic E-state index is 6.36. The molecule has 1 aromatic carbocycles. The number of ether oxygens (including phenoxy) is 7. The van der Waals surface area contributed by atoms with Crippen LogP contribution >= 0.6 is 0 Å². The molecule has 4 fully saturated rings. The van der Waals surface area contributed by atoms with Gasteiger partial charge in [-0.15, -0.1) is 5.10 Å². The van der Waals surface area contributed by atoms with Gasteiger partial charge in [-0.1, -0.05) is 42.0 Å². The topological polar surface area (TPSA) is 114 Å². The van der Waals surface area contributed by atoms with E-state index in [1.807, 2.05) is 50.7 Å². The summed E-state index contributed by atoms with van der Waals surface area (Å²) in [5, 5.41) is 8.68. The van der Waals surface area contributed by atoms with Gasteiger partial charge in [0.1, 0.15) is 43.0 Å². The molecular weight excluding hydrogens is 558 g/mol. The minimum absolute atomic E-state index is 0.0918. The predicted octanol–water partition coefficient (Wildman–Crippen LogP) is 4.35. The molecule has 4 aliphatic heterocycles. The molecule has 4 unspecified atom stereocenters. The molecule has 0 N–H and O–H groups in total. The van der Waals surface area contributed by atoms with E-state index in [9.17, 15) is 0 Å². The summed E-state index contributed by atoms with van der Waals surface area (Å²) in [7, 11) is 0. The highest BCUT2D eigenvalue weighted by Gasteiger charge is 2.61. The van der Waals surface area contributed by atoms with Crippen LogP contribution < -0.4 is 0 Å². The number of hydrogen-bond acceptors (Lipinski definition) is 11. The third-order valence-electron chi connectivity index (χ3n) is 8.70. The first-order valence-electron chi connectivity index (χ1n) is 15.3. The molecule has 0 bridgehead atoms. The molecule has 1 aromatic heterocycles. The molecule has 0 amide bonds. The van der Waals surface area contributed by atoms with E-state index in [1.165, 1.54) is 5.56 Å². The Morgan fingerprint density at radius 3 is 2.65 bits per heavy atom. The van der Waals surface area contributed by atoms with Gasteiger partial charge in [0, 0.05) is 12.1 Å². The Morgan fingerprint density at radius 2 is 1.88 bits per heavy atom. The van der Waals surface area contributed by atoms with Crippen molar-refractivity contribution < 1.29 is 42.9 Å². The van der Waals surface area contributed by atoms with Crippen LogP contribution in [0.15, 0.2) is 30.5 Å². The average molecular weight is 604 g/mol. The Labute approximate surface area is 253 Å². The second-order valence-corrected chi connectivity index (χ2v) is 13.2. The van der Waals surface area contributed by atoms with E-state index in [4.69, 9.17) is 42.9 Å². The van der Waals surface area contributed by atoms with Crippen LogP contribution in [0.5, 0.6) is 0 Å². The second-order valence-electron chi connectivity index (χ2n) is 13.2. The van der Waals surface area contributed by atoms with Gasteiger partial charge in [0.25, 0.3) is 0 Å². The summed E-state index contributed by atoms with van der Waals surface area (Å²) in [5.41, 5.74) is 2.33. The van der Waals surface area contributed by atoms with Crippen molar-refractivity contribution in [3.05, 3.63) is 47.3 Å². The molecular formula is C31H45N3O9. The van der Waals surface area contributed by atoms with Crippen LogP contribution in [-0.4, -0.2) is 76.6 Å². The summed E-state index contributed by atoms with van der Waals surface area (Å²) in [6.07, 6.45) is 3.03. The van der Waals surface area contributed by atoms with Crippen molar-refractivity contribution in [2.75, 3.05) is 20.0 Å². The SMILES string of the molecule is Cc1ccc(C2OOC(C)(C)C(CCC(C)CCn3cc(COC4[C@H]5OCO[C@H]5CO[C@@]45COC(C)(C)O5)nn3)O2)cc1. The molecule has 238 valence electrons. The summed E-state index contributed by atoms with van der Waals surface area (Å²) in [6.45, 7) is 13.8. The highest BCUT2D eigenvalue weighted by Crippen LogP contribution is 2.43. The Morgan fingerprint density at radius 1 is 1.07 bits per heavy atom. The highest BCUT2D eigenvalue weighted by molar-refractivity contribution is 5.22. The number of benzene rings is 1. The third kappa shape index (κ3) is 6.98. The largest absolute Gasteiger partial charge is 0.363 e. The van der Waals surface area contributed by atoms with Gasteiger partial charge >= 0.3 is 0 Å². The second kappa shape index (κ2) is 12.4. The van der Waals surface area contributed by atoms with Gasteiger partial charge in [-0.2, -0.15) is 4.89 Å². The molecule has 4 aliphatic rings. The lowest BCUT2D eigenvalue weighted by molar-refractivity contribution is -0.487. The van der Waals surface area contributed by atoms with E-state index in [2.05, 4.69) is 36.3 Å². The van der Waals surface area contributed by atoms with Crippen molar-refractivity contribution >= 4 is 0 Å². The number of rotatable bonds is 10. The molecule has 0 aliphatic carbocycles. The minimum Gasteiger partial charge on any atom is -0.363 e. The van der Waals surface area contributed by atoms with Crippen LogP contribution in [0.3, 0.4) is 0 Å². The summed E-state index contributed by atoms with van der Waals surface area (Å²) in [6, 6.07) is 8.14. The Bertz CT molecular complexity index is 1220. The van der Waals surface area contributed by atoms with Crippen molar-refractivity contribution in [1.29, 1.82) is 0 Å². The van der Waals surface area contributed by atoms with Gasteiger partial charge in [-0.25, -0.2) is 4.89 Å². The lowest BCUT2D eigenvalue weighted by Crippen LogP contribution is -2.62. The lowest BCUT2D eigenvalue weighted by Gasteiger charge is -2.43. The number of nitrogens with zero attached hydrogens (tertiary/aromatic N) is 3. The molecule has 12 heteroatoms. The maximum absolute atomic E-state index is 6.36. The van der Waals surface area contributed by atoms with Crippen molar-refractivity contribution in [2.45, 2.75) is 122 Å². The van der Waals surface area contributed by atoms with Crippen LogP contribution in [0.2, 0.25) is 0 Å². The minimum atomic E-state index is -1.06. The molecule has 5 heterocycles. The first-order chi connectivity index (χ1) is 20.5. The van der Waals surface area contributed by atoms with Crippen LogP contribution in [0.4, 0.5) is 0 Å². The number of fused-ring (bicyclic) bond motifs is 1. The molecule has 0 saturated carbocycles. The smallest absolute Gasteiger partial charge is 0.224 e. The third-order valence-corrected chi connectivity index (χ3v) is 8.70. The molecule has 12 nitrogen and oxygen atoms in total. The summed E-state index contributed by atoms with van der Waals surface area (Å²) >= 11 is 0. The van der Waals surface area contributed by atoms with E-state index in [0.717, 1.165) is 37.1 Å². The number of hydrogen-bond donors (Lipinski definition) is 0. The molecule has 1 spiro atoms. The summed E-state index contributed by atoms with van der Waals surface area (Å²) in [5.74, 6) is -1.39. The Hall–Kier alpha value is -2.00. The van der Waals surface area contributed by atoms with E-state index in [1.54, 1.807) is 0 Å². The van der Waals surface area contributed by atoms with E-state index in [-0.39, 0.29) is 38.3 Å². The molecule has 6 rings (SSSR count). The zero-order chi connectivity index (χ0) is 30.2. The first-order valence-corrected chi connectivity index (χ1v) is 15.3. The average Bonchev–Trinajstić information content (AvgIpc) is 3.70. The standard InChI is InChI=1S/C31H45N3O9/c1-20-7-10-22(11-8-20)28-40-25(29(3,4)43-41-28)12-9-21(2)13-14-34-15-23(32-33-34)16-35-27-26-24(36-19-37-26)17-38-31(27)18-39-30(5,6)42-31/h7-8,10-11,15,21,24-28H,9,12-14,16-19H2,1-6H3/t21?,24-,25?,26-,27?,28?,31+/m0/s1. The molecule has 2 aromatic rings.